The summed E-state index contributed by atoms with van der Waals surface area (Å²) in [6, 6.07) is 13.8. The lowest BCUT2D eigenvalue weighted by Gasteiger charge is -2.24. The van der Waals surface area contributed by atoms with E-state index in [2.05, 4.69) is 39.6 Å². The molecule has 0 spiro atoms. The maximum Gasteiger partial charge on any atom is 0.291 e. The minimum Gasteiger partial charge on any atom is -0.459 e. The number of aryl methyl sites for hydroxylation is 1. The number of carbonyl (C=O) groups excluding carboxylic acids is 1. The first-order valence-electron chi connectivity index (χ1n) is 11.0. The summed E-state index contributed by atoms with van der Waals surface area (Å²) in [4.78, 5) is 15.2. The number of hydrogen-bond donors (Lipinski definition) is 2. The summed E-state index contributed by atoms with van der Waals surface area (Å²) >= 11 is 0. The number of rotatable bonds is 6. The van der Waals surface area contributed by atoms with Crippen molar-refractivity contribution in [2.45, 2.75) is 30.8 Å². The smallest absolute Gasteiger partial charge is 0.291 e. The molecule has 1 atom stereocenters. The van der Waals surface area contributed by atoms with Crippen molar-refractivity contribution in [1.82, 2.24) is 15.0 Å². The van der Waals surface area contributed by atoms with Crippen molar-refractivity contribution in [3.05, 3.63) is 77.9 Å². The summed E-state index contributed by atoms with van der Waals surface area (Å²) in [7, 11) is -1.96. The van der Waals surface area contributed by atoms with Gasteiger partial charge in [0.25, 0.3) is 5.91 Å². The number of primary sulfonamides is 1. The minimum absolute atomic E-state index is 0.0308. The Morgan fingerprint density at radius 3 is 2.66 bits per heavy atom. The molecule has 3 heterocycles. The Labute approximate surface area is 202 Å². The molecule has 1 aliphatic heterocycles. The molecule has 2 aromatic carbocycles. The molecule has 1 aliphatic rings. The van der Waals surface area contributed by atoms with Gasteiger partial charge in [0.05, 0.1) is 17.4 Å². The van der Waals surface area contributed by atoms with E-state index in [0.717, 1.165) is 28.9 Å². The average molecular weight is 493 g/mol. The van der Waals surface area contributed by atoms with Gasteiger partial charge in [-0.25, -0.2) is 13.6 Å². The van der Waals surface area contributed by atoms with Crippen LogP contribution in [0.3, 0.4) is 0 Å². The van der Waals surface area contributed by atoms with Crippen LogP contribution in [0.15, 0.2) is 70.3 Å². The minimum atomic E-state index is -3.81. The van der Waals surface area contributed by atoms with Crippen molar-refractivity contribution >= 4 is 27.3 Å². The maximum absolute atomic E-state index is 12.9. The maximum atomic E-state index is 12.9. The molecule has 10 nitrogen and oxygen atoms in total. The predicted molar refractivity (Wildman–Crippen MR) is 130 cm³/mol. The Morgan fingerprint density at radius 1 is 1.20 bits per heavy atom. The van der Waals surface area contributed by atoms with Crippen molar-refractivity contribution in [1.29, 1.82) is 0 Å². The molecule has 0 aliphatic carbocycles. The van der Waals surface area contributed by atoms with Crippen LogP contribution < -0.4 is 15.4 Å². The molecule has 4 aromatic rings. The largest absolute Gasteiger partial charge is 0.459 e. The van der Waals surface area contributed by atoms with E-state index in [1.54, 1.807) is 10.7 Å². The molecule has 1 unspecified atom stereocenters. The number of carbonyl (C=O) groups is 1. The molecule has 11 heteroatoms. The summed E-state index contributed by atoms with van der Waals surface area (Å²) in [5, 5.41) is 16.2. The SMILES string of the molecule is CC1Cc2c(-c3cn(C)nn3)cccc2N1Cc1ccoc1C(=O)Nc1ccc(S(N)(=O)=O)cc1. The summed E-state index contributed by atoms with van der Waals surface area (Å²) in [6.07, 6.45) is 4.24. The molecular weight excluding hydrogens is 468 g/mol. The van der Waals surface area contributed by atoms with E-state index in [1.807, 2.05) is 19.3 Å². The Bertz CT molecular complexity index is 1510. The zero-order valence-electron chi connectivity index (χ0n) is 19.2. The highest BCUT2D eigenvalue weighted by Crippen LogP contribution is 2.39. The lowest BCUT2D eigenvalue weighted by molar-refractivity contribution is 0.0995. The highest BCUT2D eigenvalue weighted by atomic mass is 32.2. The second-order valence-electron chi connectivity index (χ2n) is 8.56. The molecule has 0 saturated carbocycles. The molecule has 0 bridgehead atoms. The topological polar surface area (TPSA) is 136 Å². The van der Waals surface area contributed by atoms with Crippen LogP contribution in [0.4, 0.5) is 11.4 Å². The van der Waals surface area contributed by atoms with E-state index in [0.29, 0.717) is 12.2 Å². The number of anilines is 2. The first-order chi connectivity index (χ1) is 16.7. The number of benzene rings is 2. The fraction of sp³-hybridized carbons (Fsp3) is 0.208. The van der Waals surface area contributed by atoms with Gasteiger partial charge in [-0.3, -0.25) is 9.48 Å². The van der Waals surface area contributed by atoms with Gasteiger partial charge in [0.2, 0.25) is 10.0 Å². The molecule has 0 radical (unpaired) electrons. The van der Waals surface area contributed by atoms with Crippen molar-refractivity contribution < 1.29 is 17.6 Å². The average Bonchev–Trinajstić information content (AvgIpc) is 3.53. The fourth-order valence-corrected chi connectivity index (χ4v) is 4.93. The van der Waals surface area contributed by atoms with Gasteiger partial charge in [-0.05, 0) is 55.3 Å². The van der Waals surface area contributed by atoms with Gasteiger partial charge in [-0.2, -0.15) is 0 Å². The summed E-state index contributed by atoms with van der Waals surface area (Å²) in [5.41, 5.74) is 5.34. The third-order valence-corrected chi connectivity index (χ3v) is 7.03. The second-order valence-corrected chi connectivity index (χ2v) is 10.1. The molecule has 0 fully saturated rings. The Morgan fingerprint density at radius 2 is 1.97 bits per heavy atom. The first kappa shape index (κ1) is 22.8. The van der Waals surface area contributed by atoms with E-state index in [9.17, 15) is 13.2 Å². The molecule has 2 aromatic heterocycles. The van der Waals surface area contributed by atoms with E-state index in [1.165, 1.54) is 36.1 Å². The van der Waals surface area contributed by atoms with Gasteiger partial charge in [-0.15, -0.1) is 5.10 Å². The van der Waals surface area contributed by atoms with Gasteiger partial charge < -0.3 is 14.6 Å². The standard InChI is InChI=1S/C24H24N6O4S/c1-15-12-20-19(21-14-29(2)28-27-21)4-3-5-22(20)30(15)13-16-10-11-34-23(16)24(31)26-17-6-8-18(9-7-17)35(25,32)33/h3-11,14-15H,12-13H2,1-2H3,(H,26,31)(H2,25,32,33). The number of fused-ring (bicyclic) bond motifs is 1. The third-order valence-electron chi connectivity index (χ3n) is 6.11. The van der Waals surface area contributed by atoms with Gasteiger partial charge in [0.15, 0.2) is 5.76 Å². The van der Waals surface area contributed by atoms with Gasteiger partial charge in [-0.1, -0.05) is 17.3 Å². The highest BCUT2D eigenvalue weighted by Gasteiger charge is 2.30. The fourth-order valence-electron chi connectivity index (χ4n) is 4.41. The first-order valence-corrected chi connectivity index (χ1v) is 12.5. The number of hydrogen-bond acceptors (Lipinski definition) is 7. The Balaban J connectivity index is 1.37. The second kappa shape index (κ2) is 8.67. The van der Waals surface area contributed by atoms with E-state index >= 15 is 0 Å². The quantitative estimate of drug-likeness (QED) is 0.422. The number of sulfonamides is 1. The number of aromatic nitrogens is 3. The number of nitrogens with zero attached hydrogens (tertiary/aromatic N) is 4. The number of furan rings is 1. The number of nitrogens with one attached hydrogen (secondary N) is 1. The van der Waals surface area contributed by atoms with E-state index in [-0.39, 0.29) is 16.7 Å². The molecule has 180 valence electrons. The van der Waals surface area contributed by atoms with Crippen molar-refractivity contribution in [3.8, 4) is 11.3 Å². The summed E-state index contributed by atoms with van der Waals surface area (Å²) < 4.78 is 30.1. The van der Waals surface area contributed by atoms with Crippen LogP contribution in [-0.2, 0) is 30.0 Å². The molecule has 0 saturated heterocycles. The molecule has 3 N–H and O–H groups in total. The Kier molecular flexibility index (Phi) is 5.65. The predicted octanol–water partition coefficient (Wildman–Crippen LogP) is 2.93. The van der Waals surface area contributed by atoms with Gasteiger partial charge in [0.1, 0.15) is 5.69 Å². The lowest BCUT2D eigenvalue weighted by Crippen LogP contribution is -2.29. The molecular formula is C24H24N6O4S. The van der Waals surface area contributed by atoms with Gasteiger partial charge in [0, 0.05) is 42.1 Å². The van der Waals surface area contributed by atoms with Crippen LogP contribution >= 0.6 is 0 Å². The molecule has 5 rings (SSSR count). The monoisotopic (exact) mass is 492 g/mol. The van der Waals surface area contributed by atoms with Crippen LogP contribution in [0.5, 0.6) is 0 Å². The highest BCUT2D eigenvalue weighted by molar-refractivity contribution is 7.89. The van der Waals surface area contributed by atoms with Crippen molar-refractivity contribution in [2.75, 3.05) is 10.2 Å². The van der Waals surface area contributed by atoms with Crippen LogP contribution in [0.1, 0.15) is 28.6 Å². The summed E-state index contributed by atoms with van der Waals surface area (Å²) in [6.45, 7) is 2.63. The zero-order chi connectivity index (χ0) is 24.7. The molecule has 1 amide bonds. The zero-order valence-corrected chi connectivity index (χ0v) is 20.0. The summed E-state index contributed by atoms with van der Waals surface area (Å²) in [5.74, 6) is -0.222. The number of nitrogens with two attached hydrogens (primary N) is 1. The van der Waals surface area contributed by atoms with Crippen molar-refractivity contribution in [2.24, 2.45) is 12.2 Å². The third kappa shape index (κ3) is 4.43. The normalized spacial score (nSPS) is 15.3. The van der Waals surface area contributed by atoms with Gasteiger partial charge >= 0.3 is 0 Å². The van der Waals surface area contributed by atoms with Crippen LogP contribution in [0, 0.1) is 0 Å². The van der Waals surface area contributed by atoms with Crippen molar-refractivity contribution in [3.63, 3.8) is 0 Å². The Hall–Kier alpha value is -3.96. The lowest BCUT2D eigenvalue weighted by atomic mass is 10.0. The van der Waals surface area contributed by atoms with Crippen LogP contribution in [0.2, 0.25) is 0 Å². The van der Waals surface area contributed by atoms with Crippen LogP contribution in [0.25, 0.3) is 11.3 Å². The van der Waals surface area contributed by atoms with Crippen LogP contribution in [-0.4, -0.2) is 35.4 Å². The van der Waals surface area contributed by atoms with E-state index in [4.69, 9.17) is 9.56 Å². The molecule has 35 heavy (non-hydrogen) atoms. The number of amides is 1. The van der Waals surface area contributed by atoms with E-state index < -0.39 is 15.9 Å².